The van der Waals surface area contributed by atoms with E-state index in [0.717, 1.165) is 35.5 Å². The van der Waals surface area contributed by atoms with E-state index in [2.05, 4.69) is 30.4 Å². The third kappa shape index (κ3) is 7.13. The van der Waals surface area contributed by atoms with Gasteiger partial charge in [0.15, 0.2) is 0 Å². The molecular weight excluding hydrogens is 404 g/mol. The van der Waals surface area contributed by atoms with Crippen LogP contribution >= 0.6 is 11.8 Å². The molecule has 1 saturated carbocycles. The smallest absolute Gasteiger partial charge is 0.242 e. The maximum atomic E-state index is 13.2. The van der Waals surface area contributed by atoms with Crippen molar-refractivity contribution >= 4 is 23.6 Å². The van der Waals surface area contributed by atoms with Gasteiger partial charge in [-0.2, -0.15) is 11.8 Å². The summed E-state index contributed by atoms with van der Waals surface area (Å²) >= 11 is 1.76. The average Bonchev–Trinajstić information content (AvgIpc) is 3.29. The first-order valence-corrected chi connectivity index (χ1v) is 12.5. The number of aryl methyl sites for hydroxylation is 1. The van der Waals surface area contributed by atoms with Gasteiger partial charge in [0.05, 0.1) is 0 Å². The second-order valence-electron chi connectivity index (χ2n) is 8.40. The summed E-state index contributed by atoms with van der Waals surface area (Å²) < 4.78 is 0. The zero-order valence-corrected chi connectivity index (χ0v) is 19.5. The van der Waals surface area contributed by atoms with E-state index in [4.69, 9.17) is 0 Å². The Morgan fingerprint density at radius 2 is 1.74 bits per heavy atom. The molecule has 0 heterocycles. The number of carbonyl (C=O) groups is 2. The molecule has 0 radical (unpaired) electrons. The van der Waals surface area contributed by atoms with Crippen LogP contribution < -0.4 is 5.32 Å². The predicted octanol–water partition coefficient (Wildman–Crippen LogP) is 5.09. The van der Waals surface area contributed by atoms with Crippen molar-refractivity contribution in [2.24, 2.45) is 0 Å². The monoisotopic (exact) mass is 438 g/mol. The van der Waals surface area contributed by atoms with Crippen LogP contribution in [-0.4, -0.2) is 34.6 Å². The Balaban J connectivity index is 1.61. The number of nitrogens with zero attached hydrogens (tertiary/aromatic N) is 1. The minimum absolute atomic E-state index is 0.0363. The van der Waals surface area contributed by atoms with Crippen molar-refractivity contribution in [2.75, 3.05) is 5.75 Å². The molecule has 0 unspecified atom stereocenters. The van der Waals surface area contributed by atoms with Crippen LogP contribution in [0.15, 0.2) is 54.6 Å². The molecule has 4 nitrogen and oxygen atoms in total. The van der Waals surface area contributed by atoms with Gasteiger partial charge in [0.2, 0.25) is 11.8 Å². The first kappa shape index (κ1) is 23.4. The van der Waals surface area contributed by atoms with Crippen LogP contribution in [0.25, 0.3) is 0 Å². The molecule has 3 rings (SSSR count). The summed E-state index contributed by atoms with van der Waals surface area (Å²) in [6, 6.07) is 18.2. The van der Waals surface area contributed by atoms with Crippen molar-refractivity contribution in [1.82, 2.24) is 10.2 Å². The molecule has 2 aromatic rings. The molecule has 1 aliphatic rings. The lowest BCUT2D eigenvalue weighted by molar-refractivity contribution is -0.140. The fourth-order valence-electron chi connectivity index (χ4n) is 4.01. The standard InChI is InChI=1S/C26H34N2O2S/c1-20-10-6-7-13-23(20)18-28(21(2)26(30)27-24-14-8-9-15-24)25(29)16-17-31-19-22-11-4-3-5-12-22/h3-7,10-13,21,24H,8-9,14-19H2,1-2H3,(H,27,30)/t21-/m1/s1. The van der Waals surface area contributed by atoms with E-state index in [9.17, 15) is 9.59 Å². The lowest BCUT2D eigenvalue weighted by Crippen LogP contribution is -2.49. The Morgan fingerprint density at radius 3 is 2.45 bits per heavy atom. The molecule has 2 aromatic carbocycles. The van der Waals surface area contributed by atoms with E-state index in [0.29, 0.717) is 13.0 Å². The van der Waals surface area contributed by atoms with E-state index in [-0.39, 0.29) is 17.9 Å². The van der Waals surface area contributed by atoms with Gasteiger partial charge in [-0.15, -0.1) is 0 Å². The molecule has 1 N–H and O–H groups in total. The van der Waals surface area contributed by atoms with Gasteiger partial charge in [-0.1, -0.05) is 67.4 Å². The summed E-state index contributed by atoms with van der Waals surface area (Å²) in [7, 11) is 0. The molecule has 0 aromatic heterocycles. The van der Waals surface area contributed by atoms with Gasteiger partial charge in [-0.05, 0) is 43.4 Å². The number of hydrogen-bond donors (Lipinski definition) is 1. The highest BCUT2D eigenvalue weighted by Gasteiger charge is 2.28. The lowest BCUT2D eigenvalue weighted by atomic mass is 10.1. The predicted molar refractivity (Wildman–Crippen MR) is 129 cm³/mol. The van der Waals surface area contributed by atoms with Crippen molar-refractivity contribution in [3.05, 3.63) is 71.3 Å². The number of hydrogen-bond acceptors (Lipinski definition) is 3. The number of amides is 2. The van der Waals surface area contributed by atoms with Crippen LogP contribution in [0.4, 0.5) is 0 Å². The van der Waals surface area contributed by atoms with Crippen LogP contribution in [0, 0.1) is 6.92 Å². The molecule has 0 aliphatic heterocycles. The SMILES string of the molecule is Cc1ccccc1CN(C(=O)CCSCc1ccccc1)[C@H](C)C(=O)NC1CCCC1. The van der Waals surface area contributed by atoms with E-state index in [1.54, 1.807) is 16.7 Å². The van der Waals surface area contributed by atoms with E-state index in [1.165, 1.54) is 18.4 Å². The third-order valence-electron chi connectivity index (χ3n) is 6.04. The van der Waals surface area contributed by atoms with Crippen molar-refractivity contribution < 1.29 is 9.59 Å². The normalized spacial score (nSPS) is 14.9. The Labute approximate surface area is 190 Å². The van der Waals surface area contributed by atoms with Crippen LogP contribution in [0.2, 0.25) is 0 Å². The van der Waals surface area contributed by atoms with Gasteiger partial charge in [-0.3, -0.25) is 9.59 Å². The minimum Gasteiger partial charge on any atom is -0.352 e. The van der Waals surface area contributed by atoms with Crippen molar-refractivity contribution in [1.29, 1.82) is 0 Å². The zero-order chi connectivity index (χ0) is 22.1. The Bertz CT molecular complexity index is 849. The fraction of sp³-hybridized carbons (Fsp3) is 0.462. The lowest BCUT2D eigenvalue weighted by Gasteiger charge is -2.30. The summed E-state index contributed by atoms with van der Waals surface area (Å²) in [6.07, 6.45) is 4.86. The van der Waals surface area contributed by atoms with E-state index >= 15 is 0 Å². The molecule has 5 heteroatoms. The quantitative estimate of drug-likeness (QED) is 0.526. The van der Waals surface area contributed by atoms with Gasteiger partial charge in [-0.25, -0.2) is 0 Å². The van der Waals surface area contributed by atoms with E-state index < -0.39 is 6.04 Å². The summed E-state index contributed by atoms with van der Waals surface area (Å²) in [5.41, 5.74) is 3.50. The van der Waals surface area contributed by atoms with Crippen molar-refractivity contribution in [3.8, 4) is 0 Å². The molecule has 1 atom stereocenters. The molecule has 2 amide bonds. The molecule has 0 spiro atoms. The number of thioether (sulfide) groups is 1. The van der Waals surface area contributed by atoms with Crippen LogP contribution in [0.3, 0.4) is 0 Å². The summed E-state index contributed by atoms with van der Waals surface area (Å²) in [4.78, 5) is 27.9. The highest BCUT2D eigenvalue weighted by atomic mass is 32.2. The number of nitrogens with one attached hydrogen (secondary N) is 1. The largest absolute Gasteiger partial charge is 0.352 e. The molecular formula is C26H34N2O2S. The minimum atomic E-state index is -0.480. The highest BCUT2D eigenvalue weighted by molar-refractivity contribution is 7.98. The maximum Gasteiger partial charge on any atom is 0.242 e. The molecule has 1 fully saturated rings. The Hall–Kier alpha value is -2.27. The first-order chi connectivity index (χ1) is 15.0. The first-order valence-electron chi connectivity index (χ1n) is 11.3. The fourth-order valence-corrected chi connectivity index (χ4v) is 4.90. The highest BCUT2D eigenvalue weighted by Crippen LogP contribution is 2.20. The van der Waals surface area contributed by atoms with Gasteiger partial charge in [0.1, 0.15) is 6.04 Å². The average molecular weight is 439 g/mol. The van der Waals surface area contributed by atoms with Crippen molar-refractivity contribution in [2.45, 2.75) is 70.3 Å². The topological polar surface area (TPSA) is 49.4 Å². The van der Waals surface area contributed by atoms with Crippen LogP contribution in [-0.2, 0) is 21.9 Å². The second-order valence-corrected chi connectivity index (χ2v) is 9.51. The maximum absolute atomic E-state index is 13.2. The van der Waals surface area contributed by atoms with E-state index in [1.807, 2.05) is 43.3 Å². The second kappa shape index (κ2) is 11.9. The van der Waals surface area contributed by atoms with Gasteiger partial charge < -0.3 is 10.2 Å². The zero-order valence-electron chi connectivity index (χ0n) is 18.7. The number of carbonyl (C=O) groups excluding carboxylic acids is 2. The Kier molecular flexibility index (Phi) is 9.01. The van der Waals surface area contributed by atoms with Crippen LogP contribution in [0.5, 0.6) is 0 Å². The van der Waals surface area contributed by atoms with Gasteiger partial charge in [0.25, 0.3) is 0 Å². The number of benzene rings is 2. The van der Waals surface area contributed by atoms with Crippen LogP contribution in [0.1, 0.15) is 55.7 Å². The molecule has 166 valence electrons. The molecule has 0 bridgehead atoms. The van der Waals surface area contributed by atoms with Crippen molar-refractivity contribution in [3.63, 3.8) is 0 Å². The molecule has 0 saturated heterocycles. The summed E-state index contributed by atoms with van der Waals surface area (Å²) in [6.45, 7) is 4.38. The summed E-state index contributed by atoms with van der Waals surface area (Å²) in [5, 5.41) is 3.17. The molecule has 31 heavy (non-hydrogen) atoms. The summed E-state index contributed by atoms with van der Waals surface area (Å²) in [5.74, 6) is 1.64. The third-order valence-corrected chi connectivity index (χ3v) is 7.07. The van der Waals surface area contributed by atoms with Gasteiger partial charge >= 0.3 is 0 Å². The molecule has 1 aliphatic carbocycles. The number of rotatable bonds is 10. The Morgan fingerprint density at radius 1 is 1.06 bits per heavy atom. The van der Waals surface area contributed by atoms with Gasteiger partial charge in [0, 0.05) is 30.5 Å².